The number of nitrogens with one attached hydrogen (secondary N) is 1. The molecule has 2 aliphatic rings. The molecule has 2 atom stereocenters. The van der Waals surface area contributed by atoms with Crippen LogP contribution in [0.2, 0.25) is 5.02 Å². The number of fused-ring (bicyclic) bond motifs is 1. The summed E-state index contributed by atoms with van der Waals surface area (Å²) in [6.45, 7) is 0. The first-order valence-electron chi connectivity index (χ1n) is 6.03. The summed E-state index contributed by atoms with van der Waals surface area (Å²) >= 11 is 5.77. The Kier molecular flexibility index (Phi) is 2.92. The fourth-order valence-corrected chi connectivity index (χ4v) is 2.58. The third kappa shape index (κ3) is 2.06. The number of allylic oxidation sites excluding steroid dienone is 2. The lowest BCUT2D eigenvalue weighted by atomic mass is 9.74. The number of carbonyl (C=O) groups is 1. The molecular formula is C14H13ClN2O. The molecule has 18 heavy (non-hydrogen) atoms. The van der Waals surface area contributed by atoms with Gasteiger partial charge in [0.05, 0.1) is 0 Å². The molecule has 1 aromatic rings. The molecule has 3 nitrogen and oxygen atoms in total. The van der Waals surface area contributed by atoms with Gasteiger partial charge in [-0.05, 0) is 43.0 Å². The maximum atomic E-state index is 11.8. The summed E-state index contributed by atoms with van der Waals surface area (Å²) in [5, 5.41) is 4.84. The van der Waals surface area contributed by atoms with E-state index in [-0.39, 0.29) is 5.91 Å². The van der Waals surface area contributed by atoms with Crippen molar-refractivity contribution in [2.75, 3.05) is 0 Å². The van der Waals surface area contributed by atoms with Gasteiger partial charge in [-0.15, -0.1) is 0 Å². The second-order valence-corrected chi connectivity index (χ2v) is 5.13. The minimum absolute atomic E-state index is 0.187. The summed E-state index contributed by atoms with van der Waals surface area (Å²) in [5.74, 6) is 0.986. The highest BCUT2D eigenvalue weighted by molar-refractivity contribution is 6.30. The average Bonchev–Trinajstić information content (AvgIpc) is 2.72. The summed E-state index contributed by atoms with van der Waals surface area (Å²) in [4.78, 5) is 11.8. The van der Waals surface area contributed by atoms with Crippen LogP contribution in [0.1, 0.15) is 23.2 Å². The van der Waals surface area contributed by atoms with Crippen molar-refractivity contribution in [3.05, 3.63) is 47.0 Å². The predicted octanol–water partition coefficient (Wildman–Crippen LogP) is 3.02. The van der Waals surface area contributed by atoms with Crippen molar-refractivity contribution in [3.63, 3.8) is 0 Å². The van der Waals surface area contributed by atoms with Crippen molar-refractivity contribution in [1.29, 1.82) is 0 Å². The van der Waals surface area contributed by atoms with Crippen LogP contribution >= 0.6 is 11.6 Å². The van der Waals surface area contributed by atoms with Gasteiger partial charge < -0.3 is 0 Å². The zero-order chi connectivity index (χ0) is 12.5. The lowest BCUT2D eigenvalue weighted by Crippen LogP contribution is -2.35. The van der Waals surface area contributed by atoms with Gasteiger partial charge in [0.25, 0.3) is 5.91 Å². The third-order valence-electron chi connectivity index (χ3n) is 3.57. The molecule has 3 rings (SSSR count). The van der Waals surface area contributed by atoms with Crippen molar-refractivity contribution < 1.29 is 4.79 Å². The van der Waals surface area contributed by atoms with E-state index in [2.05, 4.69) is 22.7 Å². The first-order chi connectivity index (χ1) is 8.74. The van der Waals surface area contributed by atoms with Crippen LogP contribution in [0.4, 0.5) is 0 Å². The third-order valence-corrected chi connectivity index (χ3v) is 3.82. The molecule has 1 fully saturated rings. The van der Waals surface area contributed by atoms with Gasteiger partial charge in [-0.1, -0.05) is 23.8 Å². The molecule has 0 aromatic heterocycles. The Bertz CT molecular complexity index is 533. The Morgan fingerprint density at radius 2 is 2.11 bits per heavy atom. The lowest BCUT2D eigenvalue weighted by Gasteiger charge is -2.31. The van der Waals surface area contributed by atoms with E-state index in [9.17, 15) is 4.79 Å². The largest absolute Gasteiger partial charge is 0.271 e. The van der Waals surface area contributed by atoms with Gasteiger partial charge in [-0.3, -0.25) is 4.79 Å². The van der Waals surface area contributed by atoms with Gasteiger partial charge in [-0.2, -0.15) is 5.10 Å². The van der Waals surface area contributed by atoms with E-state index in [1.165, 1.54) is 0 Å². The normalized spacial score (nSPS) is 26.8. The molecule has 2 aliphatic carbocycles. The predicted molar refractivity (Wildman–Crippen MR) is 71.7 cm³/mol. The highest BCUT2D eigenvalue weighted by Gasteiger charge is 2.37. The fraction of sp³-hybridized carbons (Fsp3) is 0.286. The van der Waals surface area contributed by atoms with Gasteiger partial charge in [0.15, 0.2) is 0 Å². The van der Waals surface area contributed by atoms with Crippen LogP contribution < -0.4 is 5.43 Å². The molecule has 1 amide bonds. The second kappa shape index (κ2) is 4.58. The zero-order valence-electron chi connectivity index (χ0n) is 9.77. The molecule has 0 radical (unpaired) electrons. The topological polar surface area (TPSA) is 41.5 Å². The lowest BCUT2D eigenvalue weighted by molar-refractivity contribution is 0.0954. The molecule has 4 heteroatoms. The van der Waals surface area contributed by atoms with E-state index < -0.39 is 0 Å². The number of amides is 1. The standard InChI is InChI=1S/C14H13ClN2O/c15-11-6-4-9(5-7-11)14(18)17-16-13-8-10-2-1-3-12(10)13/h1-2,4-7,10,12H,3,8H2,(H,17,18)/b16-13-/t10-,12-/m0/s1. The molecule has 0 aliphatic heterocycles. The van der Waals surface area contributed by atoms with E-state index in [1.807, 2.05) is 0 Å². The first kappa shape index (κ1) is 11.5. The van der Waals surface area contributed by atoms with Crippen LogP contribution in [-0.4, -0.2) is 11.6 Å². The van der Waals surface area contributed by atoms with Crippen molar-refractivity contribution in [3.8, 4) is 0 Å². The highest BCUT2D eigenvalue weighted by atomic mass is 35.5. The fourth-order valence-electron chi connectivity index (χ4n) is 2.45. The molecule has 0 spiro atoms. The van der Waals surface area contributed by atoms with E-state index in [4.69, 9.17) is 11.6 Å². The van der Waals surface area contributed by atoms with E-state index in [0.29, 0.717) is 22.4 Å². The molecule has 0 heterocycles. The van der Waals surface area contributed by atoms with Crippen LogP contribution in [0.25, 0.3) is 0 Å². The number of nitrogens with zero attached hydrogens (tertiary/aromatic N) is 1. The van der Waals surface area contributed by atoms with Gasteiger partial charge in [0.2, 0.25) is 0 Å². The van der Waals surface area contributed by atoms with Crippen LogP contribution in [0, 0.1) is 11.8 Å². The molecular weight excluding hydrogens is 248 g/mol. The Morgan fingerprint density at radius 1 is 1.33 bits per heavy atom. The van der Waals surface area contributed by atoms with Crippen molar-refractivity contribution in [2.45, 2.75) is 12.8 Å². The Balaban J connectivity index is 1.62. The quantitative estimate of drug-likeness (QED) is 0.645. The van der Waals surface area contributed by atoms with Crippen molar-refractivity contribution in [2.24, 2.45) is 16.9 Å². The van der Waals surface area contributed by atoms with Gasteiger partial charge >= 0.3 is 0 Å². The van der Waals surface area contributed by atoms with Gasteiger partial charge in [-0.25, -0.2) is 5.43 Å². The molecule has 1 saturated carbocycles. The second-order valence-electron chi connectivity index (χ2n) is 4.69. The molecule has 1 N–H and O–H groups in total. The Morgan fingerprint density at radius 3 is 2.83 bits per heavy atom. The molecule has 92 valence electrons. The SMILES string of the molecule is O=C(N/N=C1/C[C@@H]2C=CC[C@H]12)c1ccc(Cl)cc1. The van der Waals surface area contributed by atoms with Crippen molar-refractivity contribution in [1.82, 2.24) is 5.43 Å². The van der Waals surface area contributed by atoms with Crippen molar-refractivity contribution >= 4 is 23.2 Å². The molecule has 0 bridgehead atoms. The zero-order valence-corrected chi connectivity index (χ0v) is 10.5. The molecule has 1 aromatic carbocycles. The number of hydrazone groups is 1. The number of rotatable bonds is 2. The minimum Gasteiger partial charge on any atom is -0.267 e. The van der Waals surface area contributed by atoms with E-state index in [0.717, 1.165) is 18.6 Å². The number of hydrogen-bond donors (Lipinski definition) is 1. The maximum absolute atomic E-state index is 11.8. The number of benzene rings is 1. The first-order valence-corrected chi connectivity index (χ1v) is 6.41. The van der Waals surface area contributed by atoms with Gasteiger partial charge in [0, 0.05) is 22.2 Å². The summed E-state index contributed by atoms with van der Waals surface area (Å²) in [5.41, 5.74) is 4.29. The molecule has 0 unspecified atom stereocenters. The van der Waals surface area contributed by atoms with Crippen LogP contribution in [0.3, 0.4) is 0 Å². The van der Waals surface area contributed by atoms with E-state index in [1.54, 1.807) is 24.3 Å². The van der Waals surface area contributed by atoms with Gasteiger partial charge in [0.1, 0.15) is 0 Å². The highest BCUT2D eigenvalue weighted by Crippen LogP contribution is 2.40. The summed E-state index contributed by atoms with van der Waals surface area (Å²) in [6, 6.07) is 6.78. The summed E-state index contributed by atoms with van der Waals surface area (Å²) in [6.07, 6.45) is 6.46. The number of halogens is 1. The summed E-state index contributed by atoms with van der Waals surface area (Å²) in [7, 11) is 0. The maximum Gasteiger partial charge on any atom is 0.271 e. The van der Waals surface area contributed by atoms with Crippen LogP contribution in [0.15, 0.2) is 41.5 Å². The monoisotopic (exact) mass is 260 g/mol. The van der Waals surface area contributed by atoms with Crippen LogP contribution in [-0.2, 0) is 0 Å². The summed E-state index contributed by atoms with van der Waals surface area (Å²) < 4.78 is 0. The van der Waals surface area contributed by atoms with E-state index >= 15 is 0 Å². The minimum atomic E-state index is -0.187. The number of hydrogen-bond acceptors (Lipinski definition) is 2. The number of carbonyl (C=O) groups excluding carboxylic acids is 1. The van der Waals surface area contributed by atoms with Crippen LogP contribution in [0.5, 0.6) is 0 Å². The average molecular weight is 261 g/mol. The Labute approximate surface area is 111 Å². The Hall–Kier alpha value is -1.61. The smallest absolute Gasteiger partial charge is 0.267 e. The molecule has 0 saturated heterocycles.